The monoisotopic (exact) mass is 369 g/mol. The zero-order chi connectivity index (χ0) is 20.2. The van der Waals surface area contributed by atoms with Crippen LogP contribution in [0.1, 0.15) is 67.2 Å². The van der Waals surface area contributed by atoms with E-state index in [0.29, 0.717) is 18.3 Å². The normalized spacial score (nSPS) is 42.7. The maximum Gasteiger partial charge on any atom is 0.309 e. The lowest BCUT2D eigenvalue weighted by Crippen LogP contribution is -2.60. The summed E-state index contributed by atoms with van der Waals surface area (Å²) in [6, 6.07) is 0. The Morgan fingerprint density at radius 2 is 1.54 bits per heavy atom. The number of fused-ring (bicyclic) bond motifs is 2. The first kappa shape index (κ1) is 21.2. The van der Waals surface area contributed by atoms with Crippen molar-refractivity contribution in [2.24, 2.45) is 33.3 Å². The lowest BCUT2D eigenvalue weighted by Gasteiger charge is -2.50. The summed E-state index contributed by atoms with van der Waals surface area (Å²) >= 11 is 0. The van der Waals surface area contributed by atoms with Gasteiger partial charge < -0.3 is 20.7 Å². The molecule has 0 radical (unpaired) electrons. The van der Waals surface area contributed by atoms with Gasteiger partial charge in [0.15, 0.2) is 0 Å². The van der Waals surface area contributed by atoms with Crippen molar-refractivity contribution in [1.29, 1.82) is 0 Å². The predicted molar refractivity (Wildman–Crippen MR) is 98.7 cm³/mol. The second-order valence-corrected chi connectivity index (χ2v) is 10.1. The summed E-state index contributed by atoms with van der Waals surface area (Å²) in [6.07, 6.45) is 3.23. The van der Waals surface area contributed by atoms with Gasteiger partial charge in [-0.05, 0) is 48.9 Å². The number of hydrogen-bond donors (Lipinski definition) is 3. The van der Waals surface area contributed by atoms with Crippen molar-refractivity contribution in [1.82, 2.24) is 0 Å². The largest absolute Gasteiger partial charge is 0.481 e. The van der Waals surface area contributed by atoms with Crippen LogP contribution in [0.2, 0.25) is 0 Å². The van der Waals surface area contributed by atoms with Crippen LogP contribution in [0.25, 0.3) is 0 Å². The number of carbonyl (C=O) groups is 2. The van der Waals surface area contributed by atoms with Gasteiger partial charge in [-0.1, -0.05) is 34.6 Å². The minimum absolute atomic E-state index is 0.0694. The number of hydrogen-bond acceptors (Lipinski definition) is 4. The van der Waals surface area contributed by atoms with E-state index in [2.05, 4.69) is 20.8 Å². The molecule has 2 bridgehead atoms. The quantitative estimate of drug-likeness (QED) is 0.690. The van der Waals surface area contributed by atoms with Gasteiger partial charge in [-0.25, -0.2) is 0 Å². The van der Waals surface area contributed by atoms with Crippen LogP contribution in [-0.4, -0.2) is 40.9 Å². The first-order valence-electron chi connectivity index (χ1n) is 9.47. The summed E-state index contributed by atoms with van der Waals surface area (Å²) in [6.45, 7) is 13.6. The molecule has 2 saturated carbocycles. The number of aliphatic carboxylic acids is 2. The molecule has 26 heavy (non-hydrogen) atoms. The van der Waals surface area contributed by atoms with Gasteiger partial charge in [-0.2, -0.15) is 0 Å². The third-order valence-electron chi connectivity index (χ3n) is 8.65. The van der Waals surface area contributed by atoms with Crippen LogP contribution < -0.4 is 5.73 Å². The van der Waals surface area contributed by atoms with Crippen LogP contribution in [0.15, 0.2) is 0 Å². The molecule has 1 heterocycles. The van der Waals surface area contributed by atoms with Crippen molar-refractivity contribution in [2.75, 3.05) is 13.2 Å². The maximum absolute atomic E-state index is 11.1. The molecule has 3 rings (SSSR count). The van der Waals surface area contributed by atoms with E-state index in [0.717, 1.165) is 19.6 Å². The molecule has 3 fully saturated rings. The lowest BCUT2D eigenvalue weighted by atomic mass is 9.62. The molecule has 1 aliphatic heterocycles. The summed E-state index contributed by atoms with van der Waals surface area (Å²) in [4.78, 5) is 22.0. The van der Waals surface area contributed by atoms with Crippen molar-refractivity contribution in [3.8, 4) is 0 Å². The number of carboxylic acid groups (broad SMARTS) is 2. The molecule has 1 saturated heterocycles. The summed E-state index contributed by atoms with van der Waals surface area (Å²) in [7, 11) is 0. The molecule has 0 amide bonds. The zero-order valence-electron chi connectivity index (χ0n) is 17.0. The van der Waals surface area contributed by atoms with Crippen LogP contribution in [0.3, 0.4) is 0 Å². The first-order chi connectivity index (χ1) is 11.6. The first-order valence-corrected chi connectivity index (χ1v) is 9.47. The molecule has 6 nitrogen and oxygen atoms in total. The SMILES string of the molecule is CC1(C)[C@H](C(=O)O)CC[C@]1(C)C(=O)O.CC1(C)[C@]2(C)CC[C@@]1(N)COC2. The molecule has 0 spiro atoms. The van der Waals surface area contributed by atoms with Crippen molar-refractivity contribution < 1.29 is 24.5 Å². The van der Waals surface area contributed by atoms with E-state index in [9.17, 15) is 9.59 Å². The van der Waals surface area contributed by atoms with Gasteiger partial charge >= 0.3 is 11.9 Å². The molecular formula is C20H35NO5. The Bertz CT molecular complexity index is 581. The minimum atomic E-state index is -0.921. The van der Waals surface area contributed by atoms with Crippen LogP contribution in [0, 0.1) is 27.6 Å². The fourth-order valence-corrected chi connectivity index (χ4v) is 5.00. The van der Waals surface area contributed by atoms with Gasteiger partial charge in [0.2, 0.25) is 0 Å². The summed E-state index contributed by atoms with van der Waals surface area (Å²) in [5, 5.41) is 18.1. The molecule has 3 aliphatic rings. The molecule has 4 atom stereocenters. The highest BCUT2D eigenvalue weighted by Crippen LogP contribution is 2.59. The Morgan fingerprint density at radius 3 is 1.88 bits per heavy atom. The molecule has 2 aliphatic carbocycles. The third-order valence-corrected chi connectivity index (χ3v) is 8.65. The van der Waals surface area contributed by atoms with Gasteiger partial charge in [0.1, 0.15) is 0 Å². The third kappa shape index (κ3) is 2.76. The Hall–Kier alpha value is -1.14. The van der Waals surface area contributed by atoms with E-state index in [4.69, 9.17) is 20.7 Å². The number of carboxylic acids is 2. The van der Waals surface area contributed by atoms with Crippen molar-refractivity contribution in [3.05, 3.63) is 0 Å². The Balaban J connectivity index is 0.000000189. The average molecular weight is 370 g/mol. The highest BCUT2D eigenvalue weighted by molar-refractivity contribution is 5.80. The summed E-state index contributed by atoms with van der Waals surface area (Å²) < 4.78 is 5.57. The van der Waals surface area contributed by atoms with Crippen LogP contribution in [0.5, 0.6) is 0 Å². The van der Waals surface area contributed by atoms with Crippen molar-refractivity contribution in [2.45, 2.75) is 72.8 Å². The minimum Gasteiger partial charge on any atom is -0.481 e. The van der Waals surface area contributed by atoms with E-state index in [1.54, 1.807) is 20.8 Å². The van der Waals surface area contributed by atoms with Crippen molar-refractivity contribution >= 4 is 11.9 Å². The van der Waals surface area contributed by atoms with Gasteiger partial charge in [0.05, 0.1) is 24.5 Å². The number of nitrogens with two attached hydrogens (primary N) is 1. The second kappa shape index (κ2) is 6.20. The highest BCUT2D eigenvalue weighted by Gasteiger charge is 2.61. The van der Waals surface area contributed by atoms with Gasteiger partial charge in [0.25, 0.3) is 0 Å². The van der Waals surface area contributed by atoms with E-state index in [1.807, 2.05) is 0 Å². The van der Waals surface area contributed by atoms with Crippen LogP contribution >= 0.6 is 0 Å². The Labute approximate surface area is 156 Å². The summed E-state index contributed by atoms with van der Waals surface area (Å²) in [5.74, 6) is -2.34. The second-order valence-electron chi connectivity index (χ2n) is 10.1. The smallest absolute Gasteiger partial charge is 0.309 e. The predicted octanol–water partition coefficient (Wildman–Crippen LogP) is 3.14. The molecule has 0 aromatic carbocycles. The average Bonchev–Trinajstić information content (AvgIpc) is 2.75. The molecule has 150 valence electrons. The number of rotatable bonds is 2. The highest BCUT2D eigenvalue weighted by atomic mass is 16.5. The number of ether oxygens (including phenoxy) is 1. The Kier molecular flexibility index (Phi) is 5.04. The Morgan fingerprint density at radius 1 is 0.962 bits per heavy atom. The topological polar surface area (TPSA) is 110 Å². The molecule has 0 unspecified atom stereocenters. The van der Waals surface area contributed by atoms with Gasteiger partial charge in [0, 0.05) is 5.54 Å². The molecule has 0 aromatic heterocycles. The molecular weight excluding hydrogens is 334 g/mol. The van der Waals surface area contributed by atoms with E-state index < -0.39 is 28.7 Å². The van der Waals surface area contributed by atoms with E-state index in [1.165, 1.54) is 6.42 Å². The molecule has 4 N–H and O–H groups in total. The van der Waals surface area contributed by atoms with E-state index >= 15 is 0 Å². The van der Waals surface area contributed by atoms with Gasteiger partial charge in [-0.3, -0.25) is 9.59 Å². The summed E-state index contributed by atoms with van der Waals surface area (Å²) in [5.41, 5.74) is 5.20. The van der Waals surface area contributed by atoms with Gasteiger partial charge in [-0.15, -0.1) is 0 Å². The fourth-order valence-electron chi connectivity index (χ4n) is 5.00. The molecule has 0 aromatic rings. The standard InChI is InChI=1S/C10H19NO.C10H16O4/c1-8(2)9(3)4-5-10(8,11)7-12-6-9;1-9(2)6(7(11)12)4-5-10(9,3)8(13)14/h4-7,11H2,1-3H3;6H,4-5H2,1-3H3,(H,11,12)(H,13,14)/t9-,10-;6-,10+/m10/s1. The lowest BCUT2D eigenvalue weighted by molar-refractivity contribution is -0.157. The fraction of sp³-hybridized carbons (Fsp3) is 0.900. The van der Waals surface area contributed by atoms with Crippen LogP contribution in [-0.2, 0) is 14.3 Å². The van der Waals surface area contributed by atoms with E-state index in [-0.39, 0.29) is 11.0 Å². The maximum atomic E-state index is 11.1. The zero-order valence-corrected chi connectivity index (χ0v) is 17.0. The van der Waals surface area contributed by atoms with Crippen LogP contribution in [0.4, 0.5) is 0 Å². The van der Waals surface area contributed by atoms with Crippen molar-refractivity contribution in [3.63, 3.8) is 0 Å². The molecule has 6 heteroatoms.